The number of nitrogen functional groups attached to an aromatic ring is 1. The Hall–Kier alpha value is -2.06. The van der Waals surface area contributed by atoms with E-state index in [4.69, 9.17) is 10.5 Å². The number of aromatic nitrogens is 2. The maximum Gasteiger partial charge on any atom is 0.246 e. The fourth-order valence-corrected chi connectivity index (χ4v) is 2.74. The molecule has 1 aromatic carbocycles. The number of anilines is 1. The molecule has 7 nitrogen and oxygen atoms in total. The van der Waals surface area contributed by atoms with Crippen molar-refractivity contribution in [2.24, 2.45) is 7.05 Å². The lowest BCUT2D eigenvalue weighted by Crippen LogP contribution is -2.23. The lowest BCUT2D eigenvalue weighted by Gasteiger charge is -2.07. The van der Waals surface area contributed by atoms with Crippen LogP contribution in [-0.4, -0.2) is 25.3 Å². The molecule has 0 saturated heterocycles. The van der Waals surface area contributed by atoms with Crippen LogP contribution in [0.25, 0.3) is 0 Å². The highest BCUT2D eigenvalue weighted by atomic mass is 32.2. The average Bonchev–Trinajstić information content (AvgIpc) is 2.78. The van der Waals surface area contributed by atoms with Crippen molar-refractivity contribution in [3.63, 3.8) is 0 Å². The molecule has 0 bridgehead atoms. The maximum atomic E-state index is 12.1. The Morgan fingerprint density at radius 2 is 2.00 bits per heavy atom. The second-order valence-corrected chi connectivity index (χ2v) is 5.93. The number of nitrogens with one attached hydrogen (secondary N) is 1. The highest BCUT2D eigenvalue weighted by Gasteiger charge is 2.20. The molecule has 2 rings (SSSR count). The summed E-state index contributed by atoms with van der Waals surface area (Å²) in [4.78, 5) is -0.0199. The monoisotopic (exact) mass is 296 g/mol. The number of hydrogen-bond donors (Lipinski definition) is 2. The zero-order valence-corrected chi connectivity index (χ0v) is 12.0. The summed E-state index contributed by atoms with van der Waals surface area (Å²) < 4.78 is 33.0. The highest BCUT2D eigenvalue weighted by molar-refractivity contribution is 7.89. The van der Waals surface area contributed by atoms with Gasteiger partial charge in [0.25, 0.3) is 0 Å². The minimum atomic E-state index is -3.67. The highest BCUT2D eigenvalue weighted by Crippen LogP contribution is 2.17. The molecule has 0 unspecified atom stereocenters. The standard InChI is InChI=1S/C12H16N4O3S/c1-16-12(13)11(8-14-16)20(17,18)15-7-9-3-5-10(19-2)6-4-9/h3-6,8,15H,7,13H2,1-2H3. The number of nitrogens with two attached hydrogens (primary N) is 1. The van der Waals surface area contributed by atoms with Gasteiger partial charge in [-0.1, -0.05) is 12.1 Å². The Bertz CT molecular complexity index is 692. The van der Waals surface area contributed by atoms with E-state index < -0.39 is 10.0 Å². The van der Waals surface area contributed by atoms with Crippen LogP contribution in [0.2, 0.25) is 0 Å². The fraction of sp³-hybridized carbons (Fsp3) is 0.250. The molecule has 0 fully saturated rings. The first-order valence-corrected chi connectivity index (χ1v) is 7.32. The van der Waals surface area contributed by atoms with E-state index in [1.54, 1.807) is 38.4 Å². The zero-order chi connectivity index (χ0) is 14.8. The normalized spacial score (nSPS) is 11.5. The lowest BCUT2D eigenvalue weighted by molar-refractivity contribution is 0.414. The van der Waals surface area contributed by atoms with Gasteiger partial charge in [-0.3, -0.25) is 4.68 Å². The molecule has 1 heterocycles. The van der Waals surface area contributed by atoms with Gasteiger partial charge in [-0.15, -0.1) is 0 Å². The van der Waals surface area contributed by atoms with Crippen LogP contribution < -0.4 is 15.2 Å². The molecule has 0 aliphatic rings. The number of ether oxygens (including phenoxy) is 1. The minimum absolute atomic E-state index is 0.0199. The Morgan fingerprint density at radius 1 is 1.35 bits per heavy atom. The van der Waals surface area contributed by atoms with Crippen LogP contribution in [0.3, 0.4) is 0 Å². The lowest BCUT2D eigenvalue weighted by atomic mass is 10.2. The van der Waals surface area contributed by atoms with Gasteiger partial charge < -0.3 is 10.5 Å². The maximum absolute atomic E-state index is 12.1. The van der Waals surface area contributed by atoms with E-state index in [0.717, 1.165) is 5.56 Å². The largest absolute Gasteiger partial charge is 0.497 e. The average molecular weight is 296 g/mol. The molecule has 1 aromatic heterocycles. The number of hydrogen-bond acceptors (Lipinski definition) is 5. The Kier molecular flexibility index (Phi) is 3.96. The molecule has 0 aliphatic heterocycles. The van der Waals surface area contributed by atoms with Crippen molar-refractivity contribution in [1.82, 2.24) is 14.5 Å². The third kappa shape index (κ3) is 2.91. The summed E-state index contributed by atoms with van der Waals surface area (Å²) in [6.45, 7) is 0.167. The second-order valence-electron chi connectivity index (χ2n) is 4.19. The van der Waals surface area contributed by atoms with Crippen molar-refractivity contribution < 1.29 is 13.2 Å². The Balaban J connectivity index is 2.11. The summed E-state index contributed by atoms with van der Waals surface area (Å²) in [5.74, 6) is 0.820. The molecule has 0 saturated carbocycles. The summed E-state index contributed by atoms with van der Waals surface area (Å²) in [5.41, 5.74) is 6.48. The van der Waals surface area contributed by atoms with Crippen molar-refractivity contribution in [2.75, 3.05) is 12.8 Å². The van der Waals surface area contributed by atoms with Gasteiger partial charge in [-0.25, -0.2) is 13.1 Å². The molecule has 8 heteroatoms. The van der Waals surface area contributed by atoms with E-state index in [1.807, 2.05) is 0 Å². The van der Waals surface area contributed by atoms with E-state index in [0.29, 0.717) is 5.75 Å². The van der Waals surface area contributed by atoms with Gasteiger partial charge in [0.15, 0.2) is 0 Å². The molecular formula is C12H16N4O3S. The van der Waals surface area contributed by atoms with Gasteiger partial charge in [-0.2, -0.15) is 5.10 Å². The van der Waals surface area contributed by atoms with Crippen molar-refractivity contribution >= 4 is 15.8 Å². The van der Waals surface area contributed by atoms with Gasteiger partial charge in [0.1, 0.15) is 16.5 Å². The van der Waals surface area contributed by atoms with Crippen LogP contribution in [0.15, 0.2) is 35.4 Å². The summed E-state index contributed by atoms with van der Waals surface area (Å²) in [6.07, 6.45) is 1.23. The van der Waals surface area contributed by atoms with E-state index in [1.165, 1.54) is 10.9 Å². The number of aryl methyl sites for hydroxylation is 1. The van der Waals surface area contributed by atoms with Crippen molar-refractivity contribution in [3.8, 4) is 5.75 Å². The fourth-order valence-electron chi connectivity index (χ4n) is 1.63. The number of rotatable bonds is 5. The van der Waals surface area contributed by atoms with E-state index in [-0.39, 0.29) is 17.3 Å². The van der Waals surface area contributed by atoms with Crippen molar-refractivity contribution in [3.05, 3.63) is 36.0 Å². The smallest absolute Gasteiger partial charge is 0.246 e. The minimum Gasteiger partial charge on any atom is -0.497 e. The van der Waals surface area contributed by atoms with Crippen LogP contribution in [-0.2, 0) is 23.6 Å². The van der Waals surface area contributed by atoms with Crippen LogP contribution in [0.4, 0.5) is 5.82 Å². The molecular weight excluding hydrogens is 280 g/mol. The number of benzene rings is 1. The quantitative estimate of drug-likeness (QED) is 0.836. The Morgan fingerprint density at radius 3 is 2.50 bits per heavy atom. The number of nitrogens with zero attached hydrogens (tertiary/aromatic N) is 2. The summed E-state index contributed by atoms with van der Waals surface area (Å²) in [6, 6.07) is 7.10. The predicted octanol–water partition coefficient (Wildman–Crippen LogP) is 0.489. The topological polar surface area (TPSA) is 99.2 Å². The summed E-state index contributed by atoms with van der Waals surface area (Å²) in [7, 11) is -0.520. The van der Waals surface area contributed by atoms with Gasteiger partial charge in [0.05, 0.1) is 13.3 Å². The number of methoxy groups -OCH3 is 1. The van der Waals surface area contributed by atoms with E-state index >= 15 is 0 Å². The van der Waals surface area contributed by atoms with Crippen molar-refractivity contribution in [1.29, 1.82) is 0 Å². The van der Waals surface area contributed by atoms with Crippen LogP contribution in [0.5, 0.6) is 5.75 Å². The van der Waals surface area contributed by atoms with Gasteiger partial charge >= 0.3 is 0 Å². The molecule has 0 spiro atoms. The first-order valence-electron chi connectivity index (χ1n) is 5.84. The molecule has 0 amide bonds. The van der Waals surface area contributed by atoms with E-state index in [9.17, 15) is 8.42 Å². The van der Waals surface area contributed by atoms with Crippen LogP contribution in [0, 0.1) is 0 Å². The number of sulfonamides is 1. The SMILES string of the molecule is COc1ccc(CNS(=O)(=O)c2cnn(C)c2N)cc1. The molecule has 3 N–H and O–H groups in total. The van der Waals surface area contributed by atoms with Crippen LogP contribution >= 0.6 is 0 Å². The van der Waals surface area contributed by atoms with Gasteiger partial charge in [-0.05, 0) is 17.7 Å². The van der Waals surface area contributed by atoms with Crippen LogP contribution in [0.1, 0.15) is 5.56 Å². The molecule has 108 valence electrons. The first kappa shape index (κ1) is 14.4. The van der Waals surface area contributed by atoms with Gasteiger partial charge in [0, 0.05) is 13.6 Å². The summed E-state index contributed by atoms with van der Waals surface area (Å²) in [5, 5.41) is 3.82. The predicted molar refractivity (Wildman–Crippen MR) is 74.6 cm³/mol. The van der Waals surface area contributed by atoms with E-state index in [2.05, 4.69) is 9.82 Å². The molecule has 0 atom stereocenters. The summed E-state index contributed by atoms with van der Waals surface area (Å²) >= 11 is 0. The molecule has 0 aliphatic carbocycles. The third-order valence-corrected chi connectivity index (χ3v) is 4.28. The second kappa shape index (κ2) is 5.51. The zero-order valence-electron chi connectivity index (χ0n) is 11.2. The molecule has 20 heavy (non-hydrogen) atoms. The Labute approximate surface area is 117 Å². The van der Waals surface area contributed by atoms with Crippen molar-refractivity contribution in [2.45, 2.75) is 11.4 Å². The third-order valence-electron chi connectivity index (χ3n) is 2.86. The molecule has 0 radical (unpaired) electrons. The first-order chi connectivity index (χ1) is 9.44. The molecule has 2 aromatic rings. The van der Waals surface area contributed by atoms with Gasteiger partial charge in [0.2, 0.25) is 10.0 Å².